The molecule has 2 fully saturated rings. The maximum Gasteiger partial charge on any atom is 0.408 e. The molecule has 1 saturated heterocycles. The lowest BCUT2D eigenvalue weighted by Crippen LogP contribution is -2.56. The lowest BCUT2D eigenvalue weighted by Gasteiger charge is -2.30. The second-order valence-corrected chi connectivity index (χ2v) is 14.7. The highest BCUT2D eigenvalue weighted by Gasteiger charge is 2.61. The number of allylic oxidation sites excluding steroid dienone is 1. The minimum atomic E-state index is -1.43. The number of rotatable bonds is 5. The van der Waals surface area contributed by atoms with Crippen molar-refractivity contribution in [1.82, 2.24) is 35.7 Å². The summed E-state index contributed by atoms with van der Waals surface area (Å²) in [7, 11) is 0. The Morgan fingerprint density at radius 3 is 2.69 bits per heavy atom. The van der Waals surface area contributed by atoms with Crippen LogP contribution in [0.25, 0.3) is 21.8 Å². The number of amides is 3. The highest BCUT2D eigenvalue weighted by Crippen LogP contribution is 2.45. The molecule has 0 radical (unpaired) electrons. The molecule has 14 heteroatoms. The van der Waals surface area contributed by atoms with Crippen LogP contribution in [0.1, 0.15) is 71.8 Å². The van der Waals surface area contributed by atoms with Crippen molar-refractivity contribution >= 4 is 35.2 Å². The number of nitrogens with one attached hydrogen (secondary N) is 2. The number of hydrogen-bond donors (Lipinski definition) is 3. The molecule has 0 bridgehead atoms. The third kappa shape index (κ3) is 7.28. The molecule has 3 aliphatic rings. The van der Waals surface area contributed by atoms with Crippen molar-refractivity contribution in [3.8, 4) is 21.8 Å². The van der Waals surface area contributed by atoms with E-state index in [0.29, 0.717) is 18.7 Å². The van der Waals surface area contributed by atoms with Crippen molar-refractivity contribution < 1.29 is 29.0 Å². The van der Waals surface area contributed by atoms with Gasteiger partial charge in [0.25, 0.3) is 0 Å². The largest absolute Gasteiger partial charge is 0.479 e. The van der Waals surface area contributed by atoms with Gasteiger partial charge in [-0.2, -0.15) is 4.80 Å². The summed E-state index contributed by atoms with van der Waals surface area (Å²) in [5, 5.41) is 30.9. The molecule has 5 atom stereocenters. The van der Waals surface area contributed by atoms with Crippen molar-refractivity contribution in [2.45, 2.75) is 95.0 Å². The van der Waals surface area contributed by atoms with Crippen molar-refractivity contribution in [3.63, 3.8) is 0 Å². The molecule has 2 aromatic heterocycles. The molecule has 254 valence electrons. The summed E-state index contributed by atoms with van der Waals surface area (Å²) in [4.78, 5) is 57.4. The quantitative estimate of drug-likeness (QED) is 0.328. The molecule has 3 N–H and O–H groups in total. The zero-order chi connectivity index (χ0) is 34.1. The average Bonchev–Trinajstić information content (AvgIpc) is 3.53. The number of carboxylic acid groups (broad SMARTS) is 1. The van der Waals surface area contributed by atoms with Crippen LogP contribution in [-0.2, 0) is 19.1 Å². The highest BCUT2D eigenvalue weighted by atomic mass is 32.1. The summed E-state index contributed by atoms with van der Waals surface area (Å²) in [5.74, 6) is -2.07. The molecular formula is C34H41N7O6S. The Morgan fingerprint density at radius 1 is 1.12 bits per heavy atom. The third-order valence-corrected chi connectivity index (χ3v) is 9.93. The first kappa shape index (κ1) is 33.3. The SMILES string of the molecule is CC(C)(C)OC(=O)N[C@H]1CCCCC/C=C\[C@H]2C[C@@]2(C(=O)O)NC(=O)[C@@H]2C[C@@H](n3nnc(-c4cccc(-c5cccs5)c4)n3)CN2C1=O. The summed E-state index contributed by atoms with van der Waals surface area (Å²) in [6.45, 7) is 5.29. The van der Waals surface area contributed by atoms with Gasteiger partial charge in [0.15, 0.2) is 0 Å². The molecular weight excluding hydrogens is 634 g/mol. The van der Waals surface area contributed by atoms with Crippen molar-refractivity contribution in [3.05, 3.63) is 53.9 Å². The van der Waals surface area contributed by atoms with Gasteiger partial charge in [0.1, 0.15) is 23.2 Å². The van der Waals surface area contributed by atoms with Crippen molar-refractivity contribution in [1.29, 1.82) is 0 Å². The standard InChI is InChI=1S/C34H41N7O6S/c1-33(2,3)47-32(46)35-25-14-8-6-4-5-7-13-23-19-34(23,31(44)45)36-29(42)26-18-24(20-40(26)30(25)43)41-38-28(37-39-41)22-12-9-11-21(17-22)27-15-10-16-48-27/h7,9-13,15-17,23-26H,4-6,8,14,18-20H2,1-3H3,(H,35,46)(H,36,42)(H,44,45)/b13-7-/t23-,24+,25-,26-,34+/m0/s1. The van der Waals surface area contributed by atoms with Gasteiger partial charge in [0.05, 0.1) is 6.04 Å². The van der Waals surface area contributed by atoms with E-state index in [-0.39, 0.29) is 25.3 Å². The number of tetrazole rings is 1. The maximum atomic E-state index is 14.3. The molecule has 3 aromatic rings. The lowest BCUT2D eigenvalue weighted by molar-refractivity contribution is -0.145. The summed E-state index contributed by atoms with van der Waals surface area (Å²) < 4.78 is 5.47. The van der Waals surface area contributed by atoms with E-state index in [1.807, 2.05) is 53.9 Å². The van der Waals surface area contributed by atoms with E-state index in [0.717, 1.165) is 35.3 Å². The molecule has 6 rings (SSSR count). The number of carbonyl (C=O) groups excluding carboxylic acids is 3. The van der Waals surface area contributed by atoms with Gasteiger partial charge in [0.2, 0.25) is 17.6 Å². The number of aromatic nitrogens is 4. The van der Waals surface area contributed by atoms with Gasteiger partial charge < -0.3 is 25.4 Å². The summed E-state index contributed by atoms with van der Waals surface area (Å²) >= 11 is 1.63. The Bertz CT molecular complexity index is 1700. The highest BCUT2D eigenvalue weighted by molar-refractivity contribution is 7.13. The first-order valence-corrected chi connectivity index (χ1v) is 17.3. The van der Waals surface area contributed by atoms with Crippen LogP contribution in [0.15, 0.2) is 53.9 Å². The van der Waals surface area contributed by atoms with E-state index >= 15 is 0 Å². The van der Waals surface area contributed by atoms with Gasteiger partial charge in [-0.3, -0.25) is 9.59 Å². The van der Waals surface area contributed by atoms with E-state index in [4.69, 9.17) is 4.74 Å². The molecule has 1 aromatic carbocycles. The zero-order valence-electron chi connectivity index (χ0n) is 27.3. The molecule has 2 aliphatic heterocycles. The Balaban J connectivity index is 1.29. The number of alkyl carbamates (subject to hydrolysis) is 1. The molecule has 0 unspecified atom stereocenters. The average molecular weight is 676 g/mol. The zero-order valence-corrected chi connectivity index (χ0v) is 28.1. The number of nitrogens with zero attached hydrogens (tertiary/aromatic N) is 5. The number of hydrogen-bond acceptors (Lipinski definition) is 9. The Hall–Kier alpha value is -4.59. The minimum absolute atomic E-state index is 0.0673. The van der Waals surface area contributed by atoms with Crippen LogP contribution < -0.4 is 10.6 Å². The molecule has 4 heterocycles. The van der Waals surface area contributed by atoms with Gasteiger partial charge >= 0.3 is 12.1 Å². The van der Waals surface area contributed by atoms with Crippen LogP contribution in [0.5, 0.6) is 0 Å². The number of aliphatic carboxylic acids is 1. The fourth-order valence-electron chi connectivity index (χ4n) is 6.44. The van der Waals surface area contributed by atoms with Crippen molar-refractivity contribution in [2.24, 2.45) is 5.92 Å². The van der Waals surface area contributed by atoms with E-state index in [2.05, 4.69) is 26.0 Å². The van der Waals surface area contributed by atoms with Crippen LogP contribution in [0.3, 0.4) is 0 Å². The Kier molecular flexibility index (Phi) is 9.37. The first-order chi connectivity index (χ1) is 22.9. The van der Waals surface area contributed by atoms with Gasteiger partial charge in [-0.1, -0.05) is 49.3 Å². The van der Waals surface area contributed by atoms with Gasteiger partial charge in [0, 0.05) is 29.3 Å². The van der Waals surface area contributed by atoms with Crippen LogP contribution in [0.2, 0.25) is 0 Å². The molecule has 3 amide bonds. The van der Waals surface area contributed by atoms with Crippen LogP contribution >= 0.6 is 11.3 Å². The van der Waals surface area contributed by atoms with Crippen LogP contribution in [0, 0.1) is 5.92 Å². The predicted molar refractivity (Wildman–Crippen MR) is 178 cm³/mol. The van der Waals surface area contributed by atoms with Gasteiger partial charge in [-0.25, -0.2) is 9.59 Å². The number of fused-ring (bicyclic) bond motifs is 2. The molecule has 1 aliphatic carbocycles. The monoisotopic (exact) mass is 675 g/mol. The second-order valence-electron chi connectivity index (χ2n) is 13.7. The Morgan fingerprint density at radius 2 is 1.94 bits per heavy atom. The molecule has 13 nitrogen and oxygen atoms in total. The summed E-state index contributed by atoms with van der Waals surface area (Å²) in [6, 6.07) is 9.35. The first-order valence-electron chi connectivity index (χ1n) is 16.4. The lowest BCUT2D eigenvalue weighted by atomic mass is 10.0. The van der Waals surface area contributed by atoms with E-state index in [9.17, 15) is 24.3 Å². The number of ether oxygens (including phenoxy) is 1. The molecule has 0 spiro atoms. The fraction of sp³-hybridized carbons (Fsp3) is 0.500. The van der Waals surface area contributed by atoms with E-state index < -0.39 is 53.1 Å². The number of carbonyl (C=O) groups is 4. The fourth-order valence-corrected chi connectivity index (χ4v) is 7.17. The third-order valence-electron chi connectivity index (χ3n) is 9.01. The van der Waals surface area contributed by atoms with E-state index in [1.165, 1.54) is 9.70 Å². The topological polar surface area (TPSA) is 169 Å². The normalized spacial score (nSPS) is 27.1. The minimum Gasteiger partial charge on any atom is -0.479 e. The predicted octanol–water partition coefficient (Wildman–Crippen LogP) is 4.58. The smallest absolute Gasteiger partial charge is 0.408 e. The summed E-state index contributed by atoms with van der Waals surface area (Å²) in [6.07, 6.45) is 6.93. The molecule has 1 saturated carbocycles. The number of carboxylic acids is 1. The van der Waals surface area contributed by atoms with Gasteiger partial charge in [-0.15, -0.1) is 21.5 Å². The van der Waals surface area contributed by atoms with E-state index in [1.54, 1.807) is 32.1 Å². The van der Waals surface area contributed by atoms with Crippen molar-refractivity contribution in [2.75, 3.05) is 6.54 Å². The van der Waals surface area contributed by atoms with Crippen LogP contribution in [-0.4, -0.2) is 83.9 Å². The maximum absolute atomic E-state index is 14.3. The van der Waals surface area contributed by atoms with Crippen LogP contribution in [0.4, 0.5) is 4.79 Å². The number of benzene rings is 1. The number of thiophene rings is 1. The Labute approximate surface area is 282 Å². The summed E-state index contributed by atoms with van der Waals surface area (Å²) in [5.41, 5.74) is -0.406. The second kappa shape index (κ2) is 13.5. The van der Waals surface area contributed by atoms with Gasteiger partial charge in [-0.05, 0) is 74.7 Å². The molecule has 48 heavy (non-hydrogen) atoms.